The second-order valence-electron chi connectivity index (χ2n) is 4.55. The van der Waals surface area contributed by atoms with Crippen LogP contribution in [0.5, 0.6) is 0 Å². The molecule has 0 heterocycles. The first kappa shape index (κ1) is 13.2. The van der Waals surface area contributed by atoms with Gasteiger partial charge in [-0.05, 0) is 26.2 Å². The maximum atomic E-state index is 11.8. The van der Waals surface area contributed by atoms with Crippen LogP contribution in [-0.4, -0.2) is 29.1 Å². The van der Waals surface area contributed by atoms with Gasteiger partial charge in [-0.1, -0.05) is 13.3 Å². The van der Waals surface area contributed by atoms with Crippen LogP contribution in [0.4, 0.5) is 0 Å². The number of Topliss-reactive ketones (excluding diaryl/α,β-unsaturated/α-hetero) is 1. The fourth-order valence-corrected chi connectivity index (χ4v) is 2.49. The van der Waals surface area contributed by atoms with E-state index < -0.39 is 17.5 Å². The first-order valence-electron chi connectivity index (χ1n) is 5.87. The van der Waals surface area contributed by atoms with Crippen molar-refractivity contribution in [1.82, 2.24) is 0 Å². The van der Waals surface area contributed by atoms with Crippen molar-refractivity contribution < 1.29 is 19.4 Å². The summed E-state index contributed by atoms with van der Waals surface area (Å²) < 4.78 is 4.94. The zero-order valence-electron chi connectivity index (χ0n) is 10.2. The first-order valence-corrected chi connectivity index (χ1v) is 5.87. The van der Waals surface area contributed by atoms with Crippen LogP contribution in [0.1, 0.15) is 40.0 Å². The molecule has 0 radical (unpaired) electrons. The Kier molecular flexibility index (Phi) is 4.08. The molecule has 0 aromatic carbocycles. The quantitative estimate of drug-likeness (QED) is 0.737. The Hall–Kier alpha value is -0.900. The highest BCUT2D eigenvalue weighted by molar-refractivity contribution is 5.95. The van der Waals surface area contributed by atoms with Crippen molar-refractivity contribution in [3.8, 4) is 0 Å². The molecule has 0 aromatic heterocycles. The van der Waals surface area contributed by atoms with Crippen molar-refractivity contribution in [1.29, 1.82) is 0 Å². The van der Waals surface area contributed by atoms with Gasteiger partial charge in [0, 0.05) is 6.42 Å². The number of aliphatic hydroxyl groups is 1. The summed E-state index contributed by atoms with van der Waals surface area (Å²) in [7, 11) is 0. The van der Waals surface area contributed by atoms with Crippen LogP contribution in [0.15, 0.2) is 0 Å². The molecule has 0 spiro atoms. The van der Waals surface area contributed by atoms with E-state index in [4.69, 9.17) is 4.74 Å². The van der Waals surface area contributed by atoms with Gasteiger partial charge in [-0.25, -0.2) is 0 Å². The molecule has 0 bridgehead atoms. The maximum Gasteiger partial charge on any atom is 0.312 e. The first-order chi connectivity index (χ1) is 7.45. The predicted molar refractivity (Wildman–Crippen MR) is 58.8 cm³/mol. The number of hydrogen-bond donors (Lipinski definition) is 1. The zero-order valence-corrected chi connectivity index (χ0v) is 10.2. The smallest absolute Gasteiger partial charge is 0.312 e. The second-order valence-corrected chi connectivity index (χ2v) is 4.55. The lowest BCUT2D eigenvalue weighted by Crippen LogP contribution is -2.43. The molecule has 1 aliphatic rings. The van der Waals surface area contributed by atoms with Crippen LogP contribution in [0.3, 0.4) is 0 Å². The maximum absolute atomic E-state index is 11.8. The van der Waals surface area contributed by atoms with Gasteiger partial charge in [0.25, 0.3) is 0 Å². The number of esters is 1. The largest absolute Gasteiger partial charge is 0.466 e. The zero-order chi connectivity index (χ0) is 12.3. The molecule has 1 N–H and O–H groups in total. The van der Waals surface area contributed by atoms with Gasteiger partial charge in [0.2, 0.25) is 0 Å². The van der Waals surface area contributed by atoms with Gasteiger partial charge in [-0.2, -0.15) is 0 Å². The van der Waals surface area contributed by atoms with E-state index in [1.807, 2.05) is 6.92 Å². The monoisotopic (exact) mass is 228 g/mol. The van der Waals surface area contributed by atoms with E-state index >= 15 is 0 Å². The molecule has 4 nitrogen and oxygen atoms in total. The minimum absolute atomic E-state index is 0.0773. The molecule has 0 saturated heterocycles. The SMILES string of the molecule is CCC[C@@H]1CC(=O)[C@](C)(O)C1C(=O)OCC. The van der Waals surface area contributed by atoms with Gasteiger partial charge < -0.3 is 9.84 Å². The molecule has 1 saturated carbocycles. The van der Waals surface area contributed by atoms with Crippen LogP contribution < -0.4 is 0 Å². The van der Waals surface area contributed by atoms with E-state index in [9.17, 15) is 14.7 Å². The average molecular weight is 228 g/mol. The Bertz CT molecular complexity index is 283. The Morgan fingerprint density at radius 2 is 2.19 bits per heavy atom. The average Bonchev–Trinajstić information content (AvgIpc) is 2.38. The van der Waals surface area contributed by atoms with Gasteiger partial charge in [0.15, 0.2) is 5.78 Å². The number of rotatable bonds is 4. The minimum Gasteiger partial charge on any atom is -0.466 e. The van der Waals surface area contributed by atoms with Crippen LogP contribution in [-0.2, 0) is 14.3 Å². The van der Waals surface area contributed by atoms with Crippen LogP contribution in [0.2, 0.25) is 0 Å². The van der Waals surface area contributed by atoms with Crippen LogP contribution in [0.25, 0.3) is 0 Å². The van der Waals surface area contributed by atoms with Gasteiger partial charge in [0.1, 0.15) is 5.60 Å². The second kappa shape index (κ2) is 4.95. The fourth-order valence-electron chi connectivity index (χ4n) is 2.49. The summed E-state index contributed by atoms with van der Waals surface area (Å²) in [4.78, 5) is 23.4. The number of ketones is 1. The van der Waals surface area contributed by atoms with E-state index in [0.29, 0.717) is 0 Å². The van der Waals surface area contributed by atoms with Crippen molar-refractivity contribution in [2.75, 3.05) is 6.61 Å². The number of hydrogen-bond acceptors (Lipinski definition) is 4. The molecular formula is C12H20O4. The molecular weight excluding hydrogens is 208 g/mol. The summed E-state index contributed by atoms with van der Waals surface area (Å²) >= 11 is 0. The van der Waals surface area contributed by atoms with Crippen molar-refractivity contribution in [3.05, 3.63) is 0 Å². The molecule has 1 fully saturated rings. The normalized spacial score (nSPS) is 34.1. The van der Waals surface area contributed by atoms with E-state index in [1.165, 1.54) is 6.92 Å². The third-order valence-corrected chi connectivity index (χ3v) is 3.29. The molecule has 92 valence electrons. The van der Waals surface area contributed by atoms with Gasteiger partial charge in [0.05, 0.1) is 12.5 Å². The van der Waals surface area contributed by atoms with Gasteiger partial charge in [-0.15, -0.1) is 0 Å². The highest BCUT2D eigenvalue weighted by atomic mass is 16.5. The highest BCUT2D eigenvalue weighted by Gasteiger charge is 2.54. The summed E-state index contributed by atoms with van der Waals surface area (Å²) in [5.41, 5.74) is -1.55. The number of carbonyl (C=O) groups is 2. The van der Waals surface area contributed by atoms with Crippen molar-refractivity contribution >= 4 is 11.8 Å². The number of ether oxygens (including phenoxy) is 1. The third-order valence-electron chi connectivity index (χ3n) is 3.29. The molecule has 0 aliphatic heterocycles. The van der Waals surface area contributed by atoms with E-state index in [-0.39, 0.29) is 24.7 Å². The lowest BCUT2D eigenvalue weighted by molar-refractivity contribution is -0.160. The highest BCUT2D eigenvalue weighted by Crippen LogP contribution is 2.40. The molecule has 3 atom stereocenters. The van der Waals surface area contributed by atoms with Crippen molar-refractivity contribution in [2.45, 2.75) is 45.6 Å². The van der Waals surface area contributed by atoms with E-state index in [1.54, 1.807) is 6.92 Å². The van der Waals surface area contributed by atoms with E-state index in [0.717, 1.165) is 12.8 Å². The Morgan fingerprint density at radius 1 is 1.56 bits per heavy atom. The summed E-state index contributed by atoms with van der Waals surface area (Å²) in [5.74, 6) is -1.47. The minimum atomic E-state index is -1.55. The summed E-state index contributed by atoms with van der Waals surface area (Å²) in [6, 6.07) is 0. The molecule has 0 aromatic rings. The molecule has 1 rings (SSSR count). The standard InChI is InChI=1S/C12H20O4/c1-4-6-8-7-9(13)12(3,15)10(8)11(14)16-5-2/h8,10,15H,4-7H2,1-3H3/t8-,10?,12+/m1/s1. The lowest BCUT2D eigenvalue weighted by atomic mass is 9.85. The van der Waals surface area contributed by atoms with Crippen LogP contribution >= 0.6 is 0 Å². The topological polar surface area (TPSA) is 63.6 Å². The fraction of sp³-hybridized carbons (Fsp3) is 0.833. The van der Waals surface area contributed by atoms with Gasteiger partial charge in [-0.3, -0.25) is 9.59 Å². The Labute approximate surface area is 96.0 Å². The third kappa shape index (κ3) is 2.26. The molecule has 0 amide bonds. The molecule has 4 heteroatoms. The Balaban J connectivity index is 2.88. The molecule has 1 aliphatic carbocycles. The number of carbonyl (C=O) groups excluding carboxylic acids is 2. The lowest BCUT2D eigenvalue weighted by Gasteiger charge is -2.25. The summed E-state index contributed by atoms with van der Waals surface area (Å²) in [6.07, 6.45) is 1.94. The summed E-state index contributed by atoms with van der Waals surface area (Å²) in [5, 5.41) is 10.1. The van der Waals surface area contributed by atoms with Crippen molar-refractivity contribution in [2.24, 2.45) is 11.8 Å². The van der Waals surface area contributed by atoms with Crippen LogP contribution in [0, 0.1) is 11.8 Å². The molecule has 16 heavy (non-hydrogen) atoms. The summed E-state index contributed by atoms with van der Waals surface area (Å²) in [6.45, 7) is 5.42. The van der Waals surface area contributed by atoms with E-state index in [2.05, 4.69) is 0 Å². The van der Waals surface area contributed by atoms with Crippen molar-refractivity contribution in [3.63, 3.8) is 0 Å². The molecule has 1 unspecified atom stereocenters. The Morgan fingerprint density at radius 3 is 2.69 bits per heavy atom. The predicted octanol–water partition coefficient (Wildman–Crippen LogP) is 1.31. The van der Waals surface area contributed by atoms with Gasteiger partial charge >= 0.3 is 5.97 Å².